The average molecular weight is 659 g/mol. The Hall–Kier alpha value is -2.70. The summed E-state index contributed by atoms with van der Waals surface area (Å²) in [4.78, 5) is 26.5. The van der Waals surface area contributed by atoms with Crippen molar-refractivity contribution in [3.8, 4) is 17.2 Å². The van der Waals surface area contributed by atoms with Crippen molar-refractivity contribution in [1.29, 1.82) is 0 Å². The summed E-state index contributed by atoms with van der Waals surface area (Å²) in [5.74, 6) is -0.0162. The molecule has 38 heavy (non-hydrogen) atoms. The summed E-state index contributed by atoms with van der Waals surface area (Å²) in [6.07, 6.45) is 1.50. The summed E-state index contributed by atoms with van der Waals surface area (Å²) in [5, 5.41) is 0.364. The minimum absolute atomic E-state index is 0.0373. The van der Waals surface area contributed by atoms with Gasteiger partial charge in [-0.25, -0.2) is 0 Å². The minimum atomic E-state index is -4.19. The second-order valence-corrected chi connectivity index (χ2v) is 11.9. The Morgan fingerprint density at radius 2 is 1.74 bits per heavy atom. The molecular formula is C25H18BrCl2NO7S2. The molecule has 13 heteroatoms. The van der Waals surface area contributed by atoms with Crippen molar-refractivity contribution in [3.05, 3.63) is 85.7 Å². The highest BCUT2D eigenvalue weighted by molar-refractivity contribution is 9.10. The van der Waals surface area contributed by atoms with Crippen LogP contribution in [0.3, 0.4) is 0 Å². The maximum atomic E-state index is 12.9. The zero-order valence-corrected chi connectivity index (χ0v) is 24.3. The standard InChI is InChI=1S/C25H18BrCl2NO7S2/c1-34-21-13-15(12-18(26)23(21)36-38(32,33)17-8-6-16(27)7-9-17)14-22-24(30)29(25(31)37-22)10-11-35-20-5-3-2-4-19(20)28/h2-9,12-14H,10-11H2,1H3/b22-14-. The molecule has 0 atom stereocenters. The first-order valence-electron chi connectivity index (χ1n) is 10.8. The molecule has 8 nitrogen and oxygen atoms in total. The highest BCUT2D eigenvalue weighted by Crippen LogP contribution is 2.40. The molecule has 1 saturated heterocycles. The zero-order valence-electron chi connectivity index (χ0n) is 19.5. The van der Waals surface area contributed by atoms with Crippen molar-refractivity contribution in [2.75, 3.05) is 20.3 Å². The molecule has 198 valence electrons. The minimum Gasteiger partial charge on any atom is -0.493 e. The van der Waals surface area contributed by atoms with Gasteiger partial charge in [-0.05, 0) is 87.9 Å². The normalized spacial score (nSPS) is 14.7. The number of thioether (sulfide) groups is 1. The number of hydrogen-bond acceptors (Lipinski definition) is 8. The number of para-hydroxylation sites is 1. The van der Waals surface area contributed by atoms with Crippen LogP contribution in [0.4, 0.5) is 4.79 Å². The van der Waals surface area contributed by atoms with Crippen LogP contribution < -0.4 is 13.7 Å². The number of rotatable bonds is 9. The topological polar surface area (TPSA) is 99.2 Å². The first-order chi connectivity index (χ1) is 18.1. The van der Waals surface area contributed by atoms with Gasteiger partial charge >= 0.3 is 10.1 Å². The molecular weight excluding hydrogens is 641 g/mol. The molecule has 3 aromatic carbocycles. The molecule has 0 saturated carbocycles. The number of methoxy groups -OCH3 is 1. The van der Waals surface area contributed by atoms with E-state index in [0.717, 1.165) is 16.7 Å². The summed E-state index contributed by atoms with van der Waals surface area (Å²) in [5.41, 5.74) is 0.475. The van der Waals surface area contributed by atoms with Crippen molar-refractivity contribution in [1.82, 2.24) is 4.90 Å². The van der Waals surface area contributed by atoms with E-state index in [1.54, 1.807) is 30.3 Å². The number of hydrogen-bond donors (Lipinski definition) is 0. The quantitative estimate of drug-likeness (QED) is 0.186. The van der Waals surface area contributed by atoms with E-state index in [9.17, 15) is 18.0 Å². The first kappa shape index (κ1) is 28.3. The second-order valence-electron chi connectivity index (χ2n) is 7.64. The summed E-state index contributed by atoms with van der Waals surface area (Å²) >= 11 is 16.0. The van der Waals surface area contributed by atoms with Crippen LogP contribution in [0, 0.1) is 0 Å². The van der Waals surface area contributed by atoms with Gasteiger partial charge in [0.25, 0.3) is 11.1 Å². The molecule has 0 aromatic heterocycles. The van der Waals surface area contributed by atoms with Gasteiger partial charge in [-0.2, -0.15) is 8.42 Å². The Morgan fingerprint density at radius 1 is 1.03 bits per heavy atom. The molecule has 0 unspecified atom stereocenters. The number of benzene rings is 3. The Kier molecular flexibility index (Phi) is 8.94. The van der Waals surface area contributed by atoms with Crippen molar-refractivity contribution in [2.24, 2.45) is 0 Å². The van der Waals surface area contributed by atoms with Gasteiger partial charge in [-0.3, -0.25) is 14.5 Å². The predicted molar refractivity (Wildman–Crippen MR) is 150 cm³/mol. The maximum absolute atomic E-state index is 12.9. The third kappa shape index (κ3) is 6.47. The van der Waals surface area contributed by atoms with Crippen LogP contribution in [0.15, 0.2) is 74.9 Å². The molecule has 1 aliphatic heterocycles. The number of ether oxygens (including phenoxy) is 2. The first-order valence-corrected chi connectivity index (χ1v) is 14.6. The van der Waals surface area contributed by atoms with Crippen molar-refractivity contribution >= 4 is 78.2 Å². The van der Waals surface area contributed by atoms with Crippen LogP contribution >= 0.6 is 50.9 Å². The van der Waals surface area contributed by atoms with Crippen LogP contribution in [0.5, 0.6) is 17.2 Å². The van der Waals surface area contributed by atoms with E-state index in [4.69, 9.17) is 36.9 Å². The van der Waals surface area contributed by atoms with Crippen LogP contribution in [0.2, 0.25) is 10.0 Å². The molecule has 0 aliphatic carbocycles. The van der Waals surface area contributed by atoms with Gasteiger partial charge in [-0.15, -0.1) is 0 Å². The van der Waals surface area contributed by atoms with E-state index in [-0.39, 0.29) is 38.9 Å². The van der Waals surface area contributed by atoms with Crippen molar-refractivity contribution in [3.63, 3.8) is 0 Å². The summed E-state index contributed by atoms with van der Waals surface area (Å²) in [6, 6.07) is 15.4. The zero-order chi connectivity index (χ0) is 27.4. The van der Waals surface area contributed by atoms with E-state index < -0.39 is 21.3 Å². The lowest BCUT2D eigenvalue weighted by atomic mass is 10.2. The highest BCUT2D eigenvalue weighted by atomic mass is 79.9. The van der Waals surface area contributed by atoms with E-state index in [2.05, 4.69) is 15.9 Å². The van der Waals surface area contributed by atoms with Gasteiger partial charge in [-0.1, -0.05) is 35.3 Å². The molecule has 4 rings (SSSR count). The Balaban J connectivity index is 1.50. The molecule has 2 amide bonds. The third-order valence-corrected chi connectivity index (χ3v) is 8.42. The van der Waals surface area contributed by atoms with E-state index >= 15 is 0 Å². The molecule has 0 spiro atoms. The fourth-order valence-electron chi connectivity index (χ4n) is 3.32. The summed E-state index contributed by atoms with van der Waals surface area (Å²) in [7, 11) is -2.84. The van der Waals surface area contributed by atoms with Gasteiger partial charge in [0.2, 0.25) is 0 Å². The Bertz CT molecular complexity index is 1530. The summed E-state index contributed by atoms with van der Waals surface area (Å²) in [6.45, 7) is 0.109. The number of amides is 2. The largest absolute Gasteiger partial charge is 0.493 e. The van der Waals surface area contributed by atoms with Crippen LogP contribution in [0.1, 0.15) is 5.56 Å². The Morgan fingerprint density at radius 3 is 2.42 bits per heavy atom. The second kappa shape index (κ2) is 12.0. The van der Waals surface area contributed by atoms with Gasteiger partial charge in [0.1, 0.15) is 17.3 Å². The van der Waals surface area contributed by atoms with Gasteiger partial charge in [0.05, 0.1) is 28.1 Å². The molecule has 1 heterocycles. The fourth-order valence-corrected chi connectivity index (χ4v) is 6.10. The van der Waals surface area contributed by atoms with Crippen molar-refractivity contribution in [2.45, 2.75) is 4.90 Å². The van der Waals surface area contributed by atoms with E-state index in [1.807, 2.05) is 0 Å². The van der Waals surface area contributed by atoms with Crippen molar-refractivity contribution < 1.29 is 31.7 Å². The Labute approximate surface area is 241 Å². The number of carbonyl (C=O) groups is 2. The SMILES string of the molecule is COc1cc(/C=C2\SC(=O)N(CCOc3ccccc3Cl)C2=O)cc(Br)c1OS(=O)(=O)c1ccc(Cl)cc1. The maximum Gasteiger partial charge on any atom is 0.339 e. The average Bonchev–Trinajstić information content (AvgIpc) is 3.14. The fraction of sp³-hybridized carbons (Fsp3) is 0.120. The predicted octanol–water partition coefficient (Wildman–Crippen LogP) is 6.65. The monoisotopic (exact) mass is 657 g/mol. The lowest BCUT2D eigenvalue weighted by molar-refractivity contribution is -0.123. The molecule has 0 bridgehead atoms. The van der Waals surface area contributed by atoms with Gasteiger partial charge in [0.15, 0.2) is 11.5 Å². The molecule has 1 fully saturated rings. The smallest absolute Gasteiger partial charge is 0.339 e. The van der Waals surface area contributed by atoms with Gasteiger partial charge < -0.3 is 13.7 Å². The van der Waals surface area contributed by atoms with E-state index in [0.29, 0.717) is 21.4 Å². The van der Waals surface area contributed by atoms with Gasteiger partial charge in [0, 0.05) is 5.02 Å². The summed E-state index contributed by atoms with van der Waals surface area (Å²) < 4.78 is 42.0. The number of nitrogens with zero attached hydrogens (tertiary/aromatic N) is 1. The van der Waals surface area contributed by atoms with Crippen LogP contribution in [-0.4, -0.2) is 44.7 Å². The highest BCUT2D eigenvalue weighted by Gasteiger charge is 2.35. The molecule has 3 aromatic rings. The number of imide groups is 1. The number of halogens is 3. The van der Waals surface area contributed by atoms with Crippen LogP contribution in [0.25, 0.3) is 6.08 Å². The van der Waals surface area contributed by atoms with E-state index in [1.165, 1.54) is 43.5 Å². The molecule has 0 radical (unpaired) electrons. The van der Waals surface area contributed by atoms with Crippen LogP contribution in [-0.2, 0) is 14.9 Å². The third-order valence-electron chi connectivity index (χ3n) is 5.13. The molecule has 0 N–H and O–H groups in total. The lowest BCUT2D eigenvalue weighted by Crippen LogP contribution is -2.32. The lowest BCUT2D eigenvalue weighted by Gasteiger charge is -2.14. The number of carbonyl (C=O) groups excluding carboxylic acids is 2. The molecule has 1 aliphatic rings.